The van der Waals surface area contributed by atoms with Crippen molar-refractivity contribution in [2.75, 3.05) is 13.7 Å². The molecule has 0 saturated heterocycles. The first-order chi connectivity index (χ1) is 9.95. The Morgan fingerprint density at radius 2 is 2.10 bits per heavy atom. The van der Waals surface area contributed by atoms with E-state index in [2.05, 4.69) is 4.72 Å². The SMILES string of the molecule is COc1ccccc1S(=O)(=O)NCC1CCCC1C(=O)O. The molecule has 2 unspecified atom stereocenters. The van der Waals surface area contributed by atoms with Crippen molar-refractivity contribution in [2.45, 2.75) is 24.2 Å². The number of aliphatic carboxylic acids is 1. The first-order valence-corrected chi connectivity index (χ1v) is 8.29. The first-order valence-electron chi connectivity index (χ1n) is 6.81. The molecule has 0 aliphatic heterocycles. The van der Waals surface area contributed by atoms with Crippen LogP contribution in [0.15, 0.2) is 29.2 Å². The van der Waals surface area contributed by atoms with Crippen molar-refractivity contribution in [3.63, 3.8) is 0 Å². The predicted molar refractivity (Wildman–Crippen MR) is 76.6 cm³/mol. The van der Waals surface area contributed by atoms with Gasteiger partial charge in [-0.15, -0.1) is 0 Å². The van der Waals surface area contributed by atoms with Gasteiger partial charge in [0.2, 0.25) is 10.0 Å². The van der Waals surface area contributed by atoms with Crippen LogP contribution in [-0.4, -0.2) is 33.1 Å². The van der Waals surface area contributed by atoms with Gasteiger partial charge < -0.3 is 9.84 Å². The average Bonchev–Trinajstić information content (AvgIpc) is 2.94. The summed E-state index contributed by atoms with van der Waals surface area (Å²) >= 11 is 0. The highest BCUT2D eigenvalue weighted by Gasteiger charge is 2.33. The lowest BCUT2D eigenvalue weighted by molar-refractivity contribution is -0.142. The summed E-state index contributed by atoms with van der Waals surface area (Å²) in [4.78, 5) is 11.2. The van der Waals surface area contributed by atoms with Crippen LogP contribution in [0.25, 0.3) is 0 Å². The van der Waals surface area contributed by atoms with E-state index in [-0.39, 0.29) is 23.1 Å². The van der Waals surface area contributed by atoms with E-state index in [9.17, 15) is 13.2 Å². The molecule has 1 aromatic rings. The van der Waals surface area contributed by atoms with Crippen LogP contribution in [0.4, 0.5) is 0 Å². The molecule has 21 heavy (non-hydrogen) atoms. The number of hydrogen-bond acceptors (Lipinski definition) is 4. The van der Waals surface area contributed by atoms with Gasteiger partial charge in [0.1, 0.15) is 10.6 Å². The summed E-state index contributed by atoms with van der Waals surface area (Å²) < 4.78 is 32.2. The number of carboxylic acid groups (broad SMARTS) is 1. The Hall–Kier alpha value is -1.60. The highest BCUT2D eigenvalue weighted by atomic mass is 32.2. The normalized spacial score (nSPS) is 22.1. The van der Waals surface area contributed by atoms with Crippen LogP contribution < -0.4 is 9.46 Å². The van der Waals surface area contributed by atoms with Gasteiger partial charge in [0.05, 0.1) is 13.0 Å². The lowest BCUT2D eigenvalue weighted by atomic mass is 9.97. The number of benzene rings is 1. The van der Waals surface area contributed by atoms with Crippen molar-refractivity contribution in [1.82, 2.24) is 4.72 Å². The molecule has 2 N–H and O–H groups in total. The van der Waals surface area contributed by atoms with E-state index >= 15 is 0 Å². The first kappa shape index (κ1) is 15.8. The number of carboxylic acids is 1. The van der Waals surface area contributed by atoms with E-state index in [0.29, 0.717) is 6.42 Å². The van der Waals surface area contributed by atoms with Crippen LogP contribution in [0, 0.1) is 11.8 Å². The minimum atomic E-state index is -3.71. The molecule has 116 valence electrons. The van der Waals surface area contributed by atoms with Crippen molar-refractivity contribution in [1.29, 1.82) is 0 Å². The minimum Gasteiger partial charge on any atom is -0.495 e. The van der Waals surface area contributed by atoms with Gasteiger partial charge in [-0.05, 0) is 30.9 Å². The predicted octanol–water partition coefficient (Wildman–Crippen LogP) is 1.47. The summed E-state index contributed by atoms with van der Waals surface area (Å²) in [7, 11) is -2.30. The maximum Gasteiger partial charge on any atom is 0.306 e. The number of sulfonamides is 1. The molecule has 0 spiro atoms. The van der Waals surface area contributed by atoms with Crippen LogP contribution in [0.3, 0.4) is 0 Å². The van der Waals surface area contributed by atoms with E-state index in [4.69, 9.17) is 9.84 Å². The van der Waals surface area contributed by atoms with Crippen LogP contribution in [0.1, 0.15) is 19.3 Å². The molecule has 1 aliphatic carbocycles. The van der Waals surface area contributed by atoms with Crippen molar-refractivity contribution >= 4 is 16.0 Å². The van der Waals surface area contributed by atoms with Gasteiger partial charge in [0.25, 0.3) is 0 Å². The number of hydrogen-bond donors (Lipinski definition) is 2. The second-order valence-electron chi connectivity index (χ2n) is 5.14. The van der Waals surface area contributed by atoms with Crippen molar-refractivity contribution < 1.29 is 23.1 Å². The molecule has 2 atom stereocenters. The third-order valence-corrected chi connectivity index (χ3v) is 5.33. The zero-order valence-corrected chi connectivity index (χ0v) is 12.6. The molecule has 1 aromatic carbocycles. The molecule has 1 aliphatic rings. The molecule has 0 amide bonds. The van der Waals surface area contributed by atoms with E-state index in [1.165, 1.54) is 13.2 Å². The number of ether oxygens (including phenoxy) is 1. The van der Waals surface area contributed by atoms with Crippen molar-refractivity contribution in [3.8, 4) is 5.75 Å². The van der Waals surface area contributed by atoms with Gasteiger partial charge in [0, 0.05) is 6.54 Å². The fourth-order valence-corrected chi connectivity index (χ4v) is 4.00. The second kappa shape index (κ2) is 6.44. The zero-order valence-electron chi connectivity index (χ0n) is 11.8. The van der Waals surface area contributed by atoms with Crippen LogP contribution in [-0.2, 0) is 14.8 Å². The topological polar surface area (TPSA) is 92.7 Å². The van der Waals surface area contributed by atoms with Gasteiger partial charge >= 0.3 is 5.97 Å². The van der Waals surface area contributed by atoms with Gasteiger partial charge in [0.15, 0.2) is 0 Å². The molecule has 1 fully saturated rings. The molecule has 0 aromatic heterocycles. The fraction of sp³-hybridized carbons (Fsp3) is 0.500. The highest BCUT2D eigenvalue weighted by Crippen LogP contribution is 2.32. The Labute approximate surface area is 124 Å². The molecule has 7 heteroatoms. The summed E-state index contributed by atoms with van der Waals surface area (Å²) in [5.41, 5.74) is 0. The lowest BCUT2D eigenvalue weighted by Gasteiger charge is -2.17. The lowest BCUT2D eigenvalue weighted by Crippen LogP contribution is -2.33. The Bertz CT molecular complexity index is 614. The molecule has 0 radical (unpaired) electrons. The Balaban J connectivity index is 2.10. The Morgan fingerprint density at radius 3 is 2.76 bits per heavy atom. The molecule has 6 nitrogen and oxygen atoms in total. The smallest absolute Gasteiger partial charge is 0.306 e. The molecular formula is C14H19NO5S. The van der Waals surface area contributed by atoms with Gasteiger partial charge in [-0.25, -0.2) is 13.1 Å². The number of carbonyl (C=O) groups is 1. The zero-order chi connectivity index (χ0) is 15.5. The summed E-state index contributed by atoms with van der Waals surface area (Å²) in [6.07, 6.45) is 2.15. The summed E-state index contributed by atoms with van der Waals surface area (Å²) in [5.74, 6) is -1.21. The number of rotatable bonds is 6. The number of nitrogens with one attached hydrogen (secondary N) is 1. The van der Waals surface area contributed by atoms with Crippen LogP contribution in [0.2, 0.25) is 0 Å². The van der Waals surface area contributed by atoms with Gasteiger partial charge in [-0.1, -0.05) is 18.6 Å². The highest BCUT2D eigenvalue weighted by molar-refractivity contribution is 7.89. The molecular weight excluding hydrogens is 294 g/mol. The molecule has 0 bridgehead atoms. The monoisotopic (exact) mass is 313 g/mol. The number of methoxy groups -OCH3 is 1. The maximum atomic E-state index is 12.3. The second-order valence-corrected chi connectivity index (χ2v) is 6.87. The molecule has 1 saturated carbocycles. The number of para-hydroxylation sites is 1. The summed E-state index contributed by atoms with van der Waals surface area (Å²) in [6.45, 7) is 0.136. The maximum absolute atomic E-state index is 12.3. The van der Waals surface area contributed by atoms with Crippen LogP contribution >= 0.6 is 0 Å². The summed E-state index contributed by atoms with van der Waals surface area (Å²) in [6, 6.07) is 6.34. The van der Waals surface area contributed by atoms with E-state index in [0.717, 1.165) is 12.8 Å². The molecule has 2 rings (SSSR count). The van der Waals surface area contributed by atoms with E-state index < -0.39 is 21.9 Å². The van der Waals surface area contributed by atoms with Crippen molar-refractivity contribution in [3.05, 3.63) is 24.3 Å². The minimum absolute atomic E-state index is 0.0670. The standard InChI is InChI=1S/C14H19NO5S/c1-20-12-7-2-3-8-13(12)21(18,19)15-9-10-5-4-6-11(10)14(16)17/h2-3,7-8,10-11,15H,4-6,9H2,1H3,(H,16,17). The quantitative estimate of drug-likeness (QED) is 0.829. The average molecular weight is 313 g/mol. The van der Waals surface area contributed by atoms with E-state index in [1.807, 2.05) is 0 Å². The van der Waals surface area contributed by atoms with E-state index in [1.54, 1.807) is 18.2 Å². The Morgan fingerprint density at radius 1 is 1.38 bits per heavy atom. The van der Waals surface area contributed by atoms with Gasteiger partial charge in [-0.3, -0.25) is 4.79 Å². The summed E-state index contributed by atoms with van der Waals surface area (Å²) in [5, 5.41) is 9.12. The van der Waals surface area contributed by atoms with Gasteiger partial charge in [-0.2, -0.15) is 0 Å². The van der Waals surface area contributed by atoms with Crippen molar-refractivity contribution in [2.24, 2.45) is 11.8 Å². The largest absolute Gasteiger partial charge is 0.495 e. The fourth-order valence-electron chi connectivity index (χ4n) is 2.74. The molecule has 0 heterocycles. The third-order valence-electron chi connectivity index (χ3n) is 3.87. The third kappa shape index (κ3) is 3.54. The Kier molecular flexibility index (Phi) is 4.84. The van der Waals surface area contributed by atoms with Crippen LogP contribution in [0.5, 0.6) is 5.75 Å².